The van der Waals surface area contributed by atoms with Crippen LogP contribution in [0.1, 0.15) is 12.8 Å². The Labute approximate surface area is 241 Å². The van der Waals surface area contributed by atoms with Gasteiger partial charge in [0.2, 0.25) is 5.95 Å². The van der Waals surface area contributed by atoms with Crippen LogP contribution in [0.25, 0.3) is 0 Å². The Balaban J connectivity index is 1.24. The number of halogens is 1. The minimum Gasteiger partial charge on any atom is -0.494 e. The maximum Gasteiger partial charge on any atom is 0.249 e. The highest BCUT2D eigenvalue weighted by Gasteiger charge is 2.27. The number of hydrogen-bond donors (Lipinski definition) is 2. The number of likely N-dealkylation sites (N-methyl/N-ethyl adjacent to an activating group) is 1. The number of ether oxygens (including phenoxy) is 1. The topological polar surface area (TPSA) is 98.8 Å². The molecule has 2 fully saturated rings. The Hall–Kier alpha value is -2.91. The van der Waals surface area contributed by atoms with Crippen molar-refractivity contribution in [2.75, 3.05) is 82.3 Å². The first-order chi connectivity index (χ1) is 19.2. The lowest BCUT2D eigenvalue weighted by molar-refractivity contribution is 0.0982. The fourth-order valence-corrected chi connectivity index (χ4v) is 6.26. The fraction of sp³-hybridized carbons (Fsp3) is 0.464. The number of benzene rings is 2. The first-order valence-electron chi connectivity index (χ1n) is 13.6. The quantitative estimate of drug-likeness (QED) is 0.369. The van der Waals surface area contributed by atoms with E-state index in [0.29, 0.717) is 17.6 Å². The van der Waals surface area contributed by atoms with E-state index in [-0.39, 0.29) is 11.1 Å². The SMILES string of the molecule is COc1cc(N2CCC(N3CCN(C)CC3)CC2)ccc1Nc1nnc(Cl)c(Nc2ccc(P(C)(C)=O)cc2)n1. The van der Waals surface area contributed by atoms with Crippen LogP contribution in [0.3, 0.4) is 0 Å². The van der Waals surface area contributed by atoms with Crippen molar-refractivity contribution in [2.45, 2.75) is 18.9 Å². The first-order valence-corrected chi connectivity index (χ1v) is 16.6. The average Bonchev–Trinajstić information content (AvgIpc) is 2.95. The third-order valence-corrected chi connectivity index (χ3v) is 9.51. The van der Waals surface area contributed by atoms with Gasteiger partial charge in [0, 0.05) is 68.1 Å². The van der Waals surface area contributed by atoms with Crippen molar-refractivity contribution in [1.82, 2.24) is 25.0 Å². The lowest BCUT2D eigenvalue weighted by Crippen LogP contribution is -2.52. The molecule has 3 aromatic rings. The zero-order valence-electron chi connectivity index (χ0n) is 23.6. The molecule has 1 aromatic heterocycles. The smallest absolute Gasteiger partial charge is 0.249 e. The van der Waals surface area contributed by atoms with E-state index < -0.39 is 7.14 Å². The van der Waals surface area contributed by atoms with E-state index in [9.17, 15) is 4.57 Å². The number of anilines is 5. The molecule has 2 aromatic carbocycles. The number of hydrogen-bond acceptors (Lipinski definition) is 10. The monoisotopic (exact) mass is 584 g/mol. The van der Waals surface area contributed by atoms with Crippen molar-refractivity contribution in [1.29, 1.82) is 0 Å². The van der Waals surface area contributed by atoms with Crippen LogP contribution in [-0.4, -0.2) is 97.8 Å². The number of rotatable bonds is 8. The van der Waals surface area contributed by atoms with Crippen molar-refractivity contribution in [3.8, 4) is 5.75 Å². The Kier molecular flexibility index (Phi) is 8.80. The molecule has 0 aliphatic carbocycles. The molecule has 3 heterocycles. The zero-order valence-corrected chi connectivity index (χ0v) is 25.3. The van der Waals surface area contributed by atoms with Gasteiger partial charge in [0.05, 0.1) is 12.8 Å². The third-order valence-electron chi connectivity index (χ3n) is 7.71. The van der Waals surface area contributed by atoms with Crippen molar-refractivity contribution in [3.05, 3.63) is 47.6 Å². The second-order valence-corrected chi connectivity index (χ2v) is 14.4. The molecule has 0 saturated carbocycles. The van der Waals surface area contributed by atoms with Crippen LogP contribution in [0.2, 0.25) is 5.15 Å². The summed E-state index contributed by atoms with van der Waals surface area (Å²) in [6.45, 7) is 10.2. The molecule has 0 radical (unpaired) electrons. The number of piperazine rings is 1. The molecule has 2 aliphatic heterocycles. The summed E-state index contributed by atoms with van der Waals surface area (Å²) in [7, 11) is 1.54. The Morgan fingerprint density at radius 3 is 2.30 bits per heavy atom. The van der Waals surface area contributed by atoms with Gasteiger partial charge in [-0.2, -0.15) is 4.98 Å². The van der Waals surface area contributed by atoms with Gasteiger partial charge in [0.15, 0.2) is 11.0 Å². The number of piperidine rings is 1. The summed E-state index contributed by atoms with van der Waals surface area (Å²) in [6.07, 6.45) is 2.34. The van der Waals surface area contributed by atoms with Crippen molar-refractivity contribution in [2.24, 2.45) is 0 Å². The fourth-order valence-electron chi connectivity index (χ4n) is 5.26. The molecule has 0 spiro atoms. The van der Waals surface area contributed by atoms with E-state index in [1.807, 2.05) is 30.3 Å². The second-order valence-electron chi connectivity index (χ2n) is 10.9. The summed E-state index contributed by atoms with van der Waals surface area (Å²) in [5.41, 5.74) is 2.63. The molecule has 0 bridgehead atoms. The van der Waals surface area contributed by atoms with Gasteiger partial charge in [-0.1, -0.05) is 11.6 Å². The van der Waals surface area contributed by atoms with Crippen molar-refractivity contribution < 1.29 is 9.30 Å². The van der Waals surface area contributed by atoms with E-state index >= 15 is 0 Å². The Bertz CT molecular complexity index is 1350. The van der Waals surface area contributed by atoms with Crippen LogP contribution in [0.4, 0.5) is 28.8 Å². The van der Waals surface area contributed by atoms with Gasteiger partial charge in [-0.15, -0.1) is 10.2 Å². The third kappa shape index (κ3) is 6.86. The molecule has 0 atom stereocenters. The van der Waals surface area contributed by atoms with Gasteiger partial charge in [-0.3, -0.25) is 4.90 Å². The van der Waals surface area contributed by atoms with Gasteiger partial charge in [0.25, 0.3) is 0 Å². The molecular weight excluding hydrogens is 547 g/mol. The molecule has 214 valence electrons. The lowest BCUT2D eigenvalue weighted by Gasteiger charge is -2.42. The maximum absolute atomic E-state index is 12.3. The predicted molar refractivity (Wildman–Crippen MR) is 164 cm³/mol. The van der Waals surface area contributed by atoms with E-state index in [1.54, 1.807) is 20.4 Å². The van der Waals surface area contributed by atoms with Gasteiger partial charge < -0.3 is 29.7 Å². The highest BCUT2D eigenvalue weighted by molar-refractivity contribution is 7.70. The van der Waals surface area contributed by atoms with E-state index in [1.165, 1.54) is 25.9 Å². The van der Waals surface area contributed by atoms with Crippen LogP contribution in [0, 0.1) is 0 Å². The molecule has 0 unspecified atom stereocenters. The predicted octanol–water partition coefficient (Wildman–Crippen LogP) is 4.49. The number of aromatic nitrogens is 3. The van der Waals surface area contributed by atoms with Gasteiger partial charge in [-0.25, -0.2) is 0 Å². The second kappa shape index (κ2) is 12.3. The summed E-state index contributed by atoms with van der Waals surface area (Å²) in [5.74, 6) is 1.35. The van der Waals surface area contributed by atoms with Gasteiger partial charge in [-0.05, 0) is 69.6 Å². The van der Waals surface area contributed by atoms with Crippen molar-refractivity contribution >= 4 is 52.9 Å². The lowest BCUT2D eigenvalue weighted by atomic mass is 10.0. The Morgan fingerprint density at radius 2 is 1.65 bits per heavy atom. The van der Waals surface area contributed by atoms with E-state index in [2.05, 4.69) is 59.7 Å². The molecule has 2 aliphatic rings. The van der Waals surface area contributed by atoms with Gasteiger partial charge in [0.1, 0.15) is 12.9 Å². The van der Waals surface area contributed by atoms with E-state index in [4.69, 9.17) is 16.3 Å². The molecular formula is C28H38ClN8O2P. The number of methoxy groups -OCH3 is 1. The summed E-state index contributed by atoms with van der Waals surface area (Å²) < 4.78 is 18.0. The van der Waals surface area contributed by atoms with E-state index in [0.717, 1.165) is 48.5 Å². The maximum atomic E-state index is 12.3. The van der Waals surface area contributed by atoms with Gasteiger partial charge >= 0.3 is 0 Å². The summed E-state index contributed by atoms with van der Waals surface area (Å²) >= 11 is 6.28. The molecule has 2 N–H and O–H groups in total. The molecule has 12 heteroatoms. The summed E-state index contributed by atoms with van der Waals surface area (Å²) in [4.78, 5) is 12.0. The largest absolute Gasteiger partial charge is 0.494 e. The van der Waals surface area contributed by atoms with Crippen molar-refractivity contribution in [3.63, 3.8) is 0 Å². The molecule has 5 rings (SSSR count). The standard InChI is InChI=1S/C28H38ClN8O2P/c1-35-15-17-37(18-16-35)21-11-13-36(14-12-21)22-7-10-24(25(19-22)39-2)31-28-32-27(26(29)33-34-28)30-20-5-8-23(9-6-20)40(3,4)38/h5-10,19,21H,11-18H2,1-4H3,(H2,30,31,32,34). The van der Waals surface area contributed by atoms with Crippen LogP contribution in [-0.2, 0) is 4.57 Å². The molecule has 2 saturated heterocycles. The minimum atomic E-state index is -2.33. The van der Waals surface area contributed by atoms with Crippen LogP contribution < -0.4 is 25.6 Å². The highest BCUT2D eigenvalue weighted by atomic mass is 35.5. The van der Waals surface area contributed by atoms with Crippen LogP contribution in [0.5, 0.6) is 5.75 Å². The average molecular weight is 585 g/mol. The normalized spacial score (nSPS) is 17.6. The summed E-state index contributed by atoms with van der Waals surface area (Å²) in [5, 5.41) is 15.5. The Morgan fingerprint density at radius 1 is 0.950 bits per heavy atom. The zero-order chi connectivity index (χ0) is 28.3. The molecule has 10 nitrogen and oxygen atoms in total. The molecule has 40 heavy (non-hydrogen) atoms. The molecule has 0 amide bonds. The number of nitrogens with zero attached hydrogens (tertiary/aromatic N) is 6. The van der Waals surface area contributed by atoms with Crippen LogP contribution in [0.15, 0.2) is 42.5 Å². The minimum absolute atomic E-state index is 0.147. The first kappa shape index (κ1) is 28.6. The highest BCUT2D eigenvalue weighted by Crippen LogP contribution is 2.36. The summed E-state index contributed by atoms with van der Waals surface area (Å²) in [6, 6.07) is 14.2. The number of nitrogens with one attached hydrogen (secondary N) is 2. The van der Waals surface area contributed by atoms with Crippen LogP contribution >= 0.6 is 18.7 Å².